The molecular weight excluding hydrogens is 540 g/mol. The summed E-state index contributed by atoms with van der Waals surface area (Å²) in [4.78, 5) is 33.8. The van der Waals surface area contributed by atoms with Crippen molar-refractivity contribution in [1.29, 1.82) is 0 Å². The molecule has 4 aliphatic rings. The highest BCUT2D eigenvalue weighted by Gasteiger charge is 2.40. The smallest absolute Gasteiger partial charge is 0.147 e. The number of amidine groups is 1. The molecular formula is C30H27ClN8S. The molecule has 1 fully saturated rings. The Morgan fingerprint density at radius 2 is 1.88 bits per heavy atom. The number of likely N-dealkylation sites (tertiary alicyclic amines) is 1. The summed E-state index contributed by atoms with van der Waals surface area (Å²) in [6.07, 6.45) is 21.1. The molecule has 40 heavy (non-hydrogen) atoms. The Hall–Kier alpha value is -3.82. The summed E-state index contributed by atoms with van der Waals surface area (Å²) < 4.78 is 0. The number of halogens is 1. The number of pyridine rings is 2. The Bertz CT molecular complexity index is 1590. The van der Waals surface area contributed by atoms with Crippen LogP contribution in [0.15, 0.2) is 98.8 Å². The van der Waals surface area contributed by atoms with Crippen LogP contribution in [0.4, 0.5) is 0 Å². The first-order chi connectivity index (χ1) is 19.6. The standard InChI is InChI=1S/C30H27ClN8S/c1-38-25-5-4-24(40-23-6-11-35-28(27(23)31)22-19-32-13-14-34-22)29(38)36-12-7-26(37-25)39-15-8-30(9-16-39)17-20-3-2-10-33-21(20)18-30/h2-7,10-14,19H,8-9,15-18H2,1H3. The normalized spacial score (nSPS) is 19.4. The van der Waals surface area contributed by atoms with Gasteiger partial charge in [-0.2, -0.15) is 0 Å². The van der Waals surface area contributed by atoms with Crippen LogP contribution in [0, 0.1) is 5.41 Å². The number of allylic oxidation sites excluding steroid dienone is 2. The van der Waals surface area contributed by atoms with Crippen LogP contribution in [0.2, 0.25) is 5.02 Å². The van der Waals surface area contributed by atoms with Crippen LogP contribution in [0.3, 0.4) is 0 Å². The highest BCUT2D eigenvalue weighted by atomic mass is 35.5. The zero-order valence-electron chi connectivity index (χ0n) is 22.0. The van der Waals surface area contributed by atoms with E-state index in [2.05, 4.69) is 43.0 Å². The summed E-state index contributed by atoms with van der Waals surface area (Å²) in [5.41, 5.74) is 4.29. The van der Waals surface area contributed by atoms with Crippen LogP contribution in [-0.4, -0.2) is 61.9 Å². The number of fused-ring (bicyclic) bond motifs is 3. The molecule has 0 aromatic carbocycles. The van der Waals surface area contributed by atoms with Gasteiger partial charge >= 0.3 is 0 Å². The number of aliphatic imine (C=N–C) groups is 2. The van der Waals surface area contributed by atoms with E-state index in [0.29, 0.717) is 21.8 Å². The van der Waals surface area contributed by atoms with Crippen LogP contribution < -0.4 is 0 Å². The number of hydrogen-bond acceptors (Lipinski definition) is 9. The van der Waals surface area contributed by atoms with Gasteiger partial charge in [0.05, 0.1) is 16.1 Å². The molecule has 200 valence electrons. The Morgan fingerprint density at radius 3 is 2.70 bits per heavy atom. The van der Waals surface area contributed by atoms with Crippen molar-refractivity contribution >= 4 is 35.4 Å². The molecule has 1 saturated heterocycles. The quantitative estimate of drug-likeness (QED) is 0.409. The van der Waals surface area contributed by atoms with Crippen LogP contribution in [0.25, 0.3) is 11.4 Å². The van der Waals surface area contributed by atoms with E-state index in [0.717, 1.165) is 66.1 Å². The first kappa shape index (κ1) is 25.2. The lowest BCUT2D eigenvalue weighted by Gasteiger charge is -2.40. The fraction of sp³-hybridized carbons (Fsp3) is 0.267. The van der Waals surface area contributed by atoms with Crippen molar-refractivity contribution in [2.75, 3.05) is 20.1 Å². The van der Waals surface area contributed by atoms with E-state index < -0.39 is 0 Å². The SMILES string of the molecule is CN1C2=NC(N3CCC4(CC3)Cc3cccnc3C4)=CC=NC1=C(Sc1ccnc(-c3cnccn3)c1Cl)C=C2. The van der Waals surface area contributed by atoms with Gasteiger partial charge in [0.25, 0.3) is 0 Å². The number of nitrogens with zero attached hydrogens (tertiary/aromatic N) is 8. The topological polar surface area (TPSA) is 82.8 Å². The Kier molecular flexibility index (Phi) is 6.48. The fourth-order valence-electron chi connectivity index (χ4n) is 5.86. The number of thioether (sulfide) groups is 1. The zero-order chi connectivity index (χ0) is 27.1. The number of rotatable bonds is 4. The third kappa shape index (κ3) is 4.63. The van der Waals surface area contributed by atoms with Gasteiger partial charge in [-0.05, 0) is 67.0 Å². The molecule has 3 aliphatic heterocycles. The summed E-state index contributed by atoms with van der Waals surface area (Å²) in [5, 5.41) is 0.539. The molecule has 0 amide bonds. The van der Waals surface area contributed by atoms with Crippen molar-refractivity contribution < 1.29 is 0 Å². The Labute approximate surface area is 242 Å². The van der Waals surface area contributed by atoms with Crippen molar-refractivity contribution in [2.45, 2.75) is 30.6 Å². The lowest BCUT2D eigenvalue weighted by atomic mass is 9.76. The van der Waals surface area contributed by atoms with Crippen LogP contribution in [0.1, 0.15) is 24.1 Å². The fourth-order valence-corrected chi connectivity index (χ4v) is 7.15. The molecule has 1 aliphatic carbocycles. The lowest BCUT2D eigenvalue weighted by molar-refractivity contribution is 0.135. The van der Waals surface area contributed by atoms with E-state index in [-0.39, 0.29) is 0 Å². The van der Waals surface area contributed by atoms with Crippen LogP contribution in [-0.2, 0) is 12.8 Å². The zero-order valence-corrected chi connectivity index (χ0v) is 23.6. The third-order valence-electron chi connectivity index (χ3n) is 8.04. The van der Waals surface area contributed by atoms with Gasteiger partial charge in [0.1, 0.15) is 28.9 Å². The second-order valence-electron chi connectivity index (χ2n) is 10.5. The summed E-state index contributed by atoms with van der Waals surface area (Å²) in [7, 11) is 2.01. The maximum Gasteiger partial charge on any atom is 0.147 e. The molecule has 10 heteroatoms. The minimum atomic E-state index is 0.335. The predicted molar refractivity (Wildman–Crippen MR) is 159 cm³/mol. The molecule has 7 rings (SSSR count). The minimum Gasteiger partial charge on any atom is -0.356 e. The molecule has 3 aromatic rings. The van der Waals surface area contributed by atoms with Gasteiger partial charge in [-0.15, -0.1) is 0 Å². The van der Waals surface area contributed by atoms with E-state index in [1.54, 1.807) is 36.5 Å². The van der Waals surface area contributed by atoms with Gasteiger partial charge in [0, 0.05) is 61.7 Å². The van der Waals surface area contributed by atoms with E-state index in [1.807, 2.05) is 42.6 Å². The highest BCUT2D eigenvalue weighted by Crippen LogP contribution is 2.45. The van der Waals surface area contributed by atoms with Crippen molar-refractivity contribution in [3.63, 3.8) is 0 Å². The number of piperidine rings is 1. The van der Waals surface area contributed by atoms with Gasteiger partial charge in [-0.3, -0.25) is 19.9 Å². The van der Waals surface area contributed by atoms with Crippen molar-refractivity contribution in [1.82, 2.24) is 29.7 Å². The monoisotopic (exact) mass is 566 g/mol. The van der Waals surface area contributed by atoms with Gasteiger partial charge in [0.2, 0.25) is 0 Å². The number of hydrogen-bond donors (Lipinski definition) is 0. The number of likely N-dealkylation sites (N-methyl/N-ethyl adjacent to an activating group) is 1. The molecule has 3 aromatic heterocycles. The van der Waals surface area contributed by atoms with Crippen molar-refractivity contribution in [3.8, 4) is 11.4 Å². The second kappa shape index (κ2) is 10.3. The van der Waals surface area contributed by atoms with E-state index in [9.17, 15) is 0 Å². The molecule has 0 radical (unpaired) electrons. The van der Waals surface area contributed by atoms with E-state index >= 15 is 0 Å². The van der Waals surface area contributed by atoms with E-state index in [4.69, 9.17) is 21.6 Å². The highest BCUT2D eigenvalue weighted by molar-refractivity contribution is 8.03. The maximum absolute atomic E-state index is 6.78. The maximum atomic E-state index is 6.78. The summed E-state index contributed by atoms with van der Waals surface area (Å²) in [6, 6.07) is 6.21. The molecule has 0 N–H and O–H groups in total. The van der Waals surface area contributed by atoms with Gasteiger partial charge in [-0.1, -0.05) is 29.4 Å². The predicted octanol–water partition coefficient (Wildman–Crippen LogP) is 5.56. The summed E-state index contributed by atoms with van der Waals surface area (Å²) >= 11 is 8.32. The van der Waals surface area contributed by atoms with Gasteiger partial charge in [0.15, 0.2) is 0 Å². The largest absolute Gasteiger partial charge is 0.356 e. The van der Waals surface area contributed by atoms with Crippen molar-refractivity contribution in [2.24, 2.45) is 15.4 Å². The Balaban J connectivity index is 1.10. The summed E-state index contributed by atoms with van der Waals surface area (Å²) in [5.74, 6) is 2.64. The van der Waals surface area contributed by atoms with Crippen LogP contribution >= 0.6 is 23.4 Å². The van der Waals surface area contributed by atoms with E-state index in [1.165, 1.54) is 11.3 Å². The first-order valence-electron chi connectivity index (χ1n) is 13.3. The minimum absolute atomic E-state index is 0.335. The van der Waals surface area contributed by atoms with Gasteiger partial charge in [-0.25, -0.2) is 9.98 Å². The second-order valence-corrected chi connectivity index (χ2v) is 11.9. The van der Waals surface area contributed by atoms with Crippen LogP contribution in [0.5, 0.6) is 0 Å². The molecule has 1 spiro atoms. The molecule has 8 nitrogen and oxygen atoms in total. The van der Waals surface area contributed by atoms with Crippen molar-refractivity contribution in [3.05, 3.63) is 100 Å². The lowest BCUT2D eigenvalue weighted by Crippen LogP contribution is -2.40. The number of aromatic nitrogens is 4. The average Bonchev–Trinajstić information content (AvgIpc) is 3.34. The molecule has 6 heterocycles. The third-order valence-corrected chi connectivity index (χ3v) is 9.63. The average molecular weight is 567 g/mol. The van der Waals surface area contributed by atoms with Gasteiger partial charge < -0.3 is 9.80 Å². The summed E-state index contributed by atoms with van der Waals surface area (Å²) in [6.45, 7) is 1.96. The molecule has 0 unspecified atom stereocenters. The molecule has 0 saturated carbocycles. The Morgan fingerprint density at radius 1 is 0.975 bits per heavy atom. The molecule has 2 bridgehead atoms. The first-order valence-corrected chi connectivity index (χ1v) is 14.5. The molecule has 0 atom stereocenters.